The minimum absolute atomic E-state index is 0.00229. The molecule has 0 aliphatic heterocycles. The highest BCUT2D eigenvalue weighted by Gasteiger charge is 2.26. The Balaban J connectivity index is 1.58. The second kappa shape index (κ2) is 8.03. The number of carbonyl (C=O) groups is 2. The van der Waals surface area contributed by atoms with E-state index in [4.69, 9.17) is 4.98 Å². The molecular formula is C24H25N3O2. The molecule has 1 aliphatic carbocycles. The largest absolute Gasteiger partial charge is 0.332 e. The Bertz CT molecular complexity index is 1090. The van der Waals surface area contributed by atoms with Gasteiger partial charge in [-0.3, -0.25) is 14.6 Å². The molecule has 1 heterocycles. The number of hydrogen-bond donors (Lipinski definition) is 1. The molecule has 0 saturated heterocycles. The highest BCUT2D eigenvalue weighted by Crippen LogP contribution is 2.30. The van der Waals surface area contributed by atoms with E-state index in [2.05, 4.69) is 12.2 Å². The summed E-state index contributed by atoms with van der Waals surface area (Å²) in [4.78, 5) is 32.2. The standard InChI is InChI=1S/C24H25N3O2/c1-3-16-9-4-6-12-19(16)26-22(28)15-27(2)24(29)23-17-10-5-7-13-20(17)25-21-14-8-11-18(21)23/h4-7,9-10,12-13H,3,8,11,14-15H2,1-2H3,(H,26,28). The van der Waals surface area contributed by atoms with Crippen molar-refractivity contribution < 1.29 is 9.59 Å². The monoisotopic (exact) mass is 387 g/mol. The van der Waals surface area contributed by atoms with E-state index in [0.29, 0.717) is 5.56 Å². The van der Waals surface area contributed by atoms with Gasteiger partial charge in [0, 0.05) is 23.8 Å². The fourth-order valence-electron chi connectivity index (χ4n) is 4.07. The molecule has 0 atom stereocenters. The Labute approximate surface area is 170 Å². The maximum atomic E-state index is 13.3. The molecule has 0 saturated carbocycles. The number of aryl methyl sites for hydroxylation is 2. The van der Waals surface area contributed by atoms with Crippen molar-refractivity contribution in [3.8, 4) is 0 Å². The molecule has 5 heteroatoms. The van der Waals surface area contributed by atoms with Crippen LogP contribution in [-0.4, -0.2) is 35.3 Å². The van der Waals surface area contributed by atoms with E-state index in [-0.39, 0.29) is 18.4 Å². The van der Waals surface area contributed by atoms with Gasteiger partial charge in [0.05, 0.1) is 17.6 Å². The summed E-state index contributed by atoms with van der Waals surface area (Å²) in [5.41, 5.74) is 5.47. The molecule has 2 amide bonds. The zero-order valence-corrected chi connectivity index (χ0v) is 16.9. The van der Waals surface area contributed by atoms with Gasteiger partial charge < -0.3 is 10.2 Å². The fraction of sp³-hybridized carbons (Fsp3) is 0.292. The van der Waals surface area contributed by atoms with Gasteiger partial charge in [0.1, 0.15) is 0 Å². The molecule has 5 nitrogen and oxygen atoms in total. The summed E-state index contributed by atoms with van der Waals surface area (Å²) in [6.07, 6.45) is 3.61. The number of nitrogens with one attached hydrogen (secondary N) is 1. The van der Waals surface area contributed by atoms with Crippen molar-refractivity contribution in [2.45, 2.75) is 32.6 Å². The van der Waals surface area contributed by atoms with Gasteiger partial charge >= 0.3 is 0 Å². The number of amides is 2. The molecule has 0 radical (unpaired) electrons. The molecule has 3 aromatic rings. The molecule has 1 N–H and O–H groups in total. The Hall–Kier alpha value is -3.21. The summed E-state index contributed by atoms with van der Waals surface area (Å²) < 4.78 is 0. The van der Waals surface area contributed by atoms with Crippen LogP contribution in [0.2, 0.25) is 0 Å². The van der Waals surface area contributed by atoms with Crippen LogP contribution in [0.25, 0.3) is 10.9 Å². The van der Waals surface area contributed by atoms with E-state index >= 15 is 0 Å². The van der Waals surface area contributed by atoms with E-state index in [9.17, 15) is 9.59 Å². The van der Waals surface area contributed by atoms with Crippen molar-refractivity contribution in [3.05, 3.63) is 70.9 Å². The lowest BCUT2D eigenvalue weighted by molar-refractivity contribution is -0.116. The molecule has 0 bridgehead atoms. The topological polar surface area (TPSA) is 62.3 Å². The zero-order valence-electron chi connectivity index (χ0n) is 16.9. The second-order valence-corrected chi connectivity index (χ2v) is 7.50. The molecule has 1 aromatic heterocycles. The quantitative estimate of drug-likeness (QED) is 0.720. The Morgan fingerprint density at radius 3 is 2.66 bits per heavy atom. The molecule has 29 heavy (non-hydrogen) atoms. The van der Waals surface area contributed by atoms with Crippen LogP contribution >= 0.6 is 0 Å². The molecule has 0 unspecified atom stereocenters. The first-order valence-electron chi connectivity index (χ1n) is 10.1. The summed E-state index contributed by atoms with van der Waals surface area (Å²) in [5, 5.41) is 3.81. The molecule has 4 rings (SSSR count). The van der Waals surface area contributed by atoms with Gasteiger partial charge in [-0.1, -0.05) is 43.3 Å². The lowest BCUT2D eigenvalue weighted by Crippen LogP contribution is -2.35. The van der Waals surface area contributed by atoms with Crippen LogP contribution in [0.5, 0.6) is 0 Å². The third-order valence-electron chi connectivity index (χ3n) is 5.53. The summed E-state index contributed by atoms with van der Waals surface area (Å²) in [6.45, 7) is 2.05. The molecule has 2 aromatic carbocycles. The van der Waals surface area contributed by atoms with Crippen molar-refractivity contribution in [1.82, 2.24) is 9.88 Å². The van der Waals surface area contributed by atoms with E-state index in [1.165, 1.54) is 4.90 Å². The van der Waals surface area contributed by atoms with E-state index < -0.39 is 0 Å². The number of carbonyl (C=O) groups excluding carboxylic acids is 2. The Kier molecular flexibility index (Phi) is 5.30. The molecule has 148 valence electrons. The lowest BCUT2D eigenvalue weighted by atomic mass is 10.00. The van der Waals surface area contributed by atoms with Gasteiger partial charge in [0.15, 0.2) is 0 Å². The molecule has 0 fully saturated rings. The normalized spacial score (nSPS) is 12.6. The van der Waals surface area contributed by atoms with Gasteiger partial charge in [-0.05, 0) is 48.9 Å². The summed E-state index contributed by atoms with van der Waals surface area (Å²) in [6, 6.07) is 15.5. The molecule has 1 aliphatic rings. The minimum Gasteiger partial charge on any atom is -0.332 e. The maximum absolute atomic E-state index is 13.3. The van der Waals surface area contributed by atoms with Crippen LogP contribution < -0.4 is 5.32 Å². The number of nitrogens with zero attached hydrogens (tertiary/aromatic N) is 2. The molecular weight excluding hydrogens is 362 g/mol. The number of anilines is 1. The van der Waals surface area contributed by atoms with Crippen LogP contribution in [0.4, 0.5) is 5.69 Å². The highest BCUT2D eigenvalue weighted by molar-refractivity contribution is 6.09. The predicted molar refractivity (Wildman–Crippen MR) is 115 cm³/mol. The van der Waals surface area contributed by atoms with E-state index in [0.717, 1.165) is 59.1 Å². The predicted octanol–water partition coefficient (Wildman–Crippen LogP) is 4.00. The highest BCUT2D eigenvalue weighted by atomic mass is 16.2. The number of aromatic nitrogens is 1. The lowest BCUT2D eigenvalue weighted by Gasteiger charge is -2.20. The van der Waals surface area contributed by atoms with Gasteiger partial charge in [-0.15, -0.1) is 0 Å². The Morgan fingerprint density at radius 1 is 1.07 bits per heavy atom. The SMILES string of the molecule is CCc1ccccc1NC(=O)CN(C)C(=O)c1c2c(nc3ccccc13)CCC2. The van der Waals surface area contributed by atoms with Crippen molar-refractivity contribution in [2.24, 2.45) is 0 Å². The van der Waals surface area contributed by atoms with Crippen LogP contribution in [0.3, 0.4) is 0 Å². The average molecular weight is 387 g/mol. The van der Waals surface area contributed by atoms with Crippen LogP contribution in [-0.2, 0) is 24.1 Å². The van der Waals surface area contributed by atoms with Crippen LogP contribution in [0.1, 0.15) is 40.5 Å². The van der Waals surface area contributed by atoms with Crippen molar-refractivity contribution in [3.63, 3.8) is 0 Å². The number of likely N-dealkylation sites (N-methyl/N-ethyl adjacent to an activating group) is 1. The fourth-order valence-corrected chi connectivity index (χ4v) is 4.07. The summed E-state index contributed by atoms with van der Waals surface area (Å²) in [5.74, 6) is -0.322. The number of para-hydroxylation sites is 2. The average Bonchev–Trinajstić information content (AvgIpc) is 3.19. The van der Waals surface area contributed by atoms with Gasteiger partial charge in [-0.2, -0.15) is 0 Å². The summed E-state index contributed by atoms with van der Waals surface area (Å²) in [7, 11) is 1.68. The van der Waals surface area contributed by atoms with E-state index in [1.807, 2.05) is 48.5 Å². The first kappa shape index (κ1) is 19.1. The number of pyridine rings is 1. The van der Waals surface area contributed by atoms with Crippen molar-refractivity contribution in [2.75, 3.05) is 18.9 Å². The van der Waals surface area contributed by atoms with Crippen LogP contribution in [0.15, 0.2) is 48.5 Å². The maximum Gasteiger partial charge on any atom is 0.255 e. The number of benzene rings is 2. The smallest absolute Gasteiger partial charge is 0.255 e. The Morgan fingerprint density at radius 2 is 1.83 bits per heavy atom. The number of rotatable bonds is 5. The van der Waals surface area contributed by atoms with Crippen molar-refractivity contribution in [1.29, 1.82) is 0 Å². The van der Waals surface area contributed by atoms with Gasteiger partial charge in [0.2, 0.25) is 5.91 Å². The van der Waals surface area contributed by atoms with Gasteiger partial charge in [-0.25, -0.2) is 0 Å². The first-order chi connectivity index (χ1) is 14.1. The van der Waals surface area contributed by atoms with E-state index in [1.54, 1.807) is 7.05 Å². The number of fused-ring (bicyclic) bond motifs is 2. The van der Waals surface area contributed by atoms with Crippen molar-refractivity contribution >= 4 is 28.4 Å². The minimum atomic E-state index is -0.197. The third kappa shape index (κ3) is 3.73. The zero-order chi connectivity index (χ0) is 20.4. The number of hydrogen-bond acceptors (Lipinski definition) is 3. The van der Waals surface area contributed by atoms with Gasteiger partial charge in [0.25, 0.3) is 5.91 Å². The second-order valence-electron chi connectivity index (χ2n) is 7.50. The summed E-state index contributed by atoms with van der Waals surface area (Å²) >= 11 is 0. The first-order valence-corrected chi connectivity index (χ1v) is 10.1. The third-order valence-corrected chi connectivity index (χ3v) is 5.53. The molecule has 0 spiro atoms. The van der Waals surface area contributed by atoms with Crippen LogP contribution in [0, 0.1) is 0 Å².